The van der Waals surface area contributed by atoms with Crippen LogP contribution >= 0.6 is 0 Å². The maximum Gasteiger partial charge on any atom is 0.340 e. The minimum absolute atomic E-state index is 0.00189. The van der Waals surface area contributed by atoms with E-state index in [1.807, 2.05) is 0 Å². The highest BCUT2D eigenvalue weighted by Crippen LogP contribution is 2.17. The Morgan fingerprint density at radius 3 is 2.41 bits per heavy atom. The van der Waals surface area contributed by atoms with Crippen molar-refractivity contribution in [3.05, 3.63) is 65.5 Å². The molecule has 0 atom stereocenters. The van der Waals surface area contributed by atoms with Gasteiger partial charge >= 0.3 is 5.97 Å². The molecule has 1 amide bonds. The average Bonchev–Trinajstić information content (AvgIpc) is 2.60. The third-order valence-electron chi connectivity index (χ3n) is 3.43. The van der Waals surface area contributed by atoms with Gasteiger partial charge in [-0.2, -0.15) is 0 Å². The van der Waals surface area contributed by atoms with Crippen molar-refractivity contribution in [2.75, 3.05) is 24.1 Å². The van der Waals surface area contributed by atoms with Crippen molar-refractivity contribution >= 4 is 27.6 Å². The molecule has 0 aromatic heterocycles. The summed E-state index contributed by atoms with van der Waals surface area (Å²) in [5.41, 5.74) is 0.929. The molecule has 27 heavy (non-hydrogen) atoms. The van der Waals surface area contributed by atoms with Gasteiger partial charge in [-0.1, -0.05) is 24.3 Å². The number of anilines is 1. The Hall–Kier alpha value is -2.94. The van der Waals surface area contributed by atoms with Crippen LogP contribution in [0.3, 0.4) is 0 Å². The van der Waals surface area contributed by atoms with Crippen LogP contribution in [0.2, 0.25) is 0 Å². The Bertz CT molecular complexity index is 914. The molecule has 0 saturated carbocycles. The summed E-state index contributed by atoms with van der Waals surface area (Å²) >= 11 is 0. The first kappa shape index (κ1) is 20.4. The van der Waals surface area contributed by atoms with E-state index in [9.17, 15) is 22.4 Å². The topological polar surface area (TPSA) is 102 Å². The van der Waals surface area contributed by atoms with Crippen LogP contribution in [0.15, 0.2) is 48.5 Å². The van der Waals surface area contributed by atoms with Gasteiger partial charge in [0.15, 0.2) is 6.61 Å². The lowest BCUT2D eigenvalue weighted by Crippen LogP contribution is -2.30. The molecule has 0 heterocycles. The molecule has 0 aliphatic rings. The van der Waals surface area contributed by atoms with Gasteiger partial charge in [-0.05, 0) is 36.2 Å². The SMILES string of the molecule is CS(=O)(=O)Nc1ccccc1C(=O)OCC(=O)NCCc1ccc(F)cc1. The molecule has 0 aliphatic carbocycles. The quantitative estimate of drug-likeness (QED) is 0.664. The Morgan fingerprint density at radius 2 is 1.74 bits per heavy atom. The first-order chi connectivity index (χ1) is 12.7. The van der Waals surface area contributed by atoms with E-state index in [1.54, 1.807) is 24.3 Å². The van der Waals surface area contributed by atoms with Gasteiger partial charge < -0.3 is 10.1 Å². The molecule has 2 rings (SSSR count). The van der Waals surface area contributed by atoms with Crippen molar-refractivity contribution in [1.29, 1.82) is 0 Å². The van der Waals surface area contributed by atoms with Crippen LogP contribution in [0.4, 0.5) is 10.1 Å². The normalized spacial score (nSPS) is 10.9. The Morgan fingerprint density at radius 1 is 1.07 bits per heavy atom. The summed E-state index contributed by atoms with van der Waals surface area (Å²) in [4.78, 5) is 23.9. The third kappa shape index (κ3) is 7.06. The Balaban J connectivity index is 1.83. The number of ether oxygens (including phenoxy) is 1. The van der Waals surface area contributed by atoms with Crippen molar-refractivity contribution in [3.63, 3.8) is 0 Å². The lowest BCUT2D eigenvalue weighted by Gasteiger charge is -2.10. The zero-order chi connectivity index (χ0) is 19.9. The number of amides is 1. The van der Waals surface area contributed by atoms with Crippen LogP contribution in [-0.4, -0.2) is 39.7 Å². The highest BCUT2D eigenvalue weighted by atomic mass is 32.2. The fourth-order valence-electron chi connectivity index (χ4n) is 2.21. The van der Waals surface area contributed by atoms with E-state index < -0.39 is 28.5 Å². The van der Waals surface area contributed by atoms with Gasteiger partial charge in [0.1, 0.15) is 5.82 Å². The van der Waals surface area contributed by atoms with Crippen LogP contribution < -0.4 is 10.0 Å². The van der Waals surface area contributed by atoms with Crippen LogP contribution in [-0.2, 0) is 26.0 Å². The molecular formula is C18H19FN2O5S. The zero-order valence-corrected chi connectivity index (χ0v) is 15.4. The fraction of sp³-hybridized carbons (Fsp3) is 0.222. The number of hydrogen-bond donors (Lipinski definition) is 2. The molecule has 144 valence electrons. The summed E-state index contributed by atoms with van der Waals surface area (Å²) in [7, 11) is -3.57. The molecule has 9 heteroatoms. The Labute approximate surface area is 156 Å². The number of esters is 1. The van der Waals surface area contributed by atoms with E-state index >= 15 is 0 Å². The van der Waals surface area contributed by atoms with Crippen molar-refractivity contribution in [3.8, 4) is 0 Å². The first-order valence-corrected chi connectivity index (χ1v) is 9.89. The molecule has 2 aromatic carbocycles. The largest absolute Gasteiger partial charge is 0.452 e. The van der Waals surface area contributed by atoms with E-state index in [-0.39, 0.29) is 17.1 Å². The van der Waals surface area contributed by atoms with Crippen LogP contribution in [0.25, 0.3) is 0 Å². The highest BCUT2D eigenvalue weighted by molar-refractivity contribution is 7.92. The number of para-hydroxylation sites is 1. The lowest BCUT2D eigenvalue weighted by molar-refractivity contribution is -0.124. The summed E-state index contributed by atoms with van der Waals surface area (Å²) in [5.74, 6) is -1.66. The van der Waals surface area contributed by atoms with E-state index in [0.29, 0.717) is 13.0 Å². The second-order valence-electron chi connectivity index (χ2n) is 5.72. The molecule has 0 radical (unpaired) electrons. The van der Waals surface area contributed by atoms with Crippen LogP contribution in [0.1, 0.15) is 15.9 Å². The number of carbonyl (C=O) groups is 2. The summed E-state index contributed by atoms with van der Waals surface area (Å²) in [6.45, 7) is -0.205. The summed E-state index contributed by atoms with van der Waals surface area (Å²) in [6, 6.07) is 11.8. The number of rotatable bonds is 8. The Kier molecular flexibility index (Phi) is 6.89. The second-order valence-corrected chi connectivity index (χ2v) is 7.47. The lowest BCUT2D eigenvalue weighted by atomic mass is 10.1. The van der Waals surface area contributed by atoms with Crippen molar-refractivity contribution in [2.45, 2.75) is 6.42 Å². The molecule has 0 fully saturated rings. The van der Waals surface area contributed by atoms with Gasteiger partial charge in [0.2, 0.25) is 10.0 Å². The van der Waals surface area contributed by atoms with Crippen molar-refractivity contribution in [2.24, 2.45) is 0 Å². The van der Waals surface area contributed by atoms with Gasteiger partial charge in [0.05, 0.1) is 17.5 Å². The van der Waals surface area contributed by atoms with Crippen LogP contribution in [0, 0.1) is 5.82 Å². The third-order valence-corrected chi connectivity index (χ3v) is 4.02. The van der Waals surface area contributed by atoms with Crippen molar-refractivity contribution < 1.29 is 27.1 Å². The number of halogens is 1. The standard InChI is InChI=1S/C18H19FN2O5S/c1-27(24,25)21-16-5-3-2-4-15(16)18(23)26-12-17(22)20-11-10-13-6-8-14(19)9-7-13/h2-9,21H,10-12H2,1H3,(H,20,22). The smallest absolute Gasteiger partial charge is 0.340 e. The zero-order valence-electron chi connectivity index (χ0n) is 14.6. The second kappa shape index (κ2) is 9.13. The van der Waals surface area contributed by atoms with E-state index in [0.717, 1.165) is 11.8 Å². The molecule has 2 aromatic rings. The molecule has 0 saturated heterocycles. The number of sulfonamides is 1. The van der Waals surface area contributed by atoms with Gasteiger partial charge in [0.25, 0.3) is 5.91 Å². The maximum absolute atomic E-state index is 12.8. The van der Waals surface area contributed by atoms with E-state index in [4.69, 9.17) is 4.74 Å². The highest BCUT2D eigenvalue weighted by Gasteiger charge is 2.16. The minimum Gasteiger partial charge on any atom is -0.452 e. The van der Waals surface area contributed by atoms with Crippen molar-refractivity contribution in [1.82, 2.24) is 5.32 Å². The first-order valence-electron chi connectivity index (χ1n) is 8.00. The minimum atomic E-state index is -3.57. The monoisotopic (exact) mass is 394 g/mol. The van der Waals surface area contributed by atoms with Crippen LogP contribution in [0.5, 0.6) is 0 Å². The number of carbonyl (C=O) groups excluding carboxylic acids is 2. The molecule has 0 unspecified atom stereocenters. The maximum atomic E-state index is 12.8. The molecule has 2 N–H and O–H groups in total. The number of nitrogens with one attached hydrogen (secondary N) is 2. The summed E-state index contributed by atoms with van der Waals surface area (Å²) < 4.78 is 42.7. The van der Waals surface area contributed by atoms with Gasteiger partial charge in [-0.15, -0.1) is 0 Å². The summed E-state index contributed by atoms with van der Waals surface area (Å²) in [5, 5.41) is 2.58. The van der Waals surface area contributed by atoms with Gasteiger partial charge in [-0.25, -0.2) is 17.6 Å². The fourth-order valence-corrected chi connectivity index (χ4v) is 2.78. The summed E-state index contributed by atoms with van der Waals surface area (Å²) in [6.07, 6.45) is 1.46. The predicted octanol–water partition coefficient (Wildman–Crippen LogP) is 1.71. The average molecular weight is 394 g/mol. The predicted molar refractivity (Wildman–Crippen MR) is 98.3 cm³/mol. The van der Waals surface area contributed by atoms with E-state index in [1.165, 1.54) is 24.3 Å². The molecule has 0 aliphatic heterocycles. The number of benzene rings is 2. The van der Waals surface area contributed by atoms with Gasteiger partial charge in [-0.3, -0.25) is 9.52 Å². The molecule has 0 bridgehead atoms. The van der Waals surface area contributed by atoms with Gasteiger partial charge in [0, 0.05) is 6.54 Å². The molecule has 0 spiro atoms. The molecular weight excluding hydrogens is 375 g/mol. The molecule has 7 nitrogen and oxygen atoms in total. The van der Waals surface area contributed by atoms with E-state index in [2.05, 4.69) is 10.0 Å². The number of hydrogen-bond acceptors (Lipinski definition) is 5.